The summed E-state index contributed by atoms with van der Waals surface area (Å²) < 4.78 is 42.6. The normalized spacial score (nSPS) is 24.4. The number of non-ortho nitro benzene ring substituents is 1. The Bertz CT molecular complexity index is 2280. The van der Waals surface area contributed by atoms with Crippen LogP contribution in [0.5, 0.6) is 28.7 Å². The van der Waals surface area contributed by atoms with Crippen LogP contribution < -0.4 is 29.0 Å². The molecule has 1 saturated heterocycles. The van der Waals surface area contributed by atoms with Crippen molar-refractivity contribution < 1.29 is 62.7 Å². The van der Waals surface area contributed by atoms with Gasteiger partial charge in [-0.25, -0.2) is 9.59 Å². The lowest BCUT2D eigenvalue weighted by atomic mass is 9.55. The van der Waals surface area contributed by atoms with E-state index < -0.39 is 47.1 Å². The van der Waals surface area contributed by atoms with Crippen molar-refractivity contribution in [3.8, 4) is 28.7 Å². The number of nitrogens with one attached hydrogen (secondary N) is 1. The molecule has 4 aliphatic rings. The van der Waals surface area contributed by atoms with E-state index in [2.05, 4.69) is 18.0 Å². The van der Waals surface area contributed by atoms with Crippen LogP contribution in [0.3, 0.4) is 0 Å². The molecule has 3 N–H and O–H groups in total. The number of hydrogen-bond donors (Lipinski definition) is 3. The molecular weight excluding hydrogens is 869 g/mol. The van der Waals surface area contributed by atoms with E-state index in [1.54, 1.807) is 49.5 Å². The zero-order chi connectivity index (χ0) is 47.5. The van der Waals surface area contributed by atoms with E-state index in [0.717, 1.165) is 36.8 Å². The minimum absolute atomic E-state index is 0.0103. The summed E-state index contributed by atoms with van der Waals surface area (Å²) in [5.41, 5.74) is 2.29. The fourth-order valence-electron chi connectivity index (χ4n) is 9.79. The molecule has 0 aromatic heterocycles. The Morgan fingerprint density at radius 1 is 0.970 bits per heavy atom. The summed E-state index contributed by atoms with van der Waals surface area (Å²) in [5, 5.41) is 38.9. The summed E-state index contributed by atoms with van der Waals surface area (Å²) in [4.78, 5) is 46.3. The molecule has 0 bridgehead atoms. The number of ether oxygens (including phenoxy) is 7. The Hall–Kier alpha value is -6.21. The second-order valence-electron chi connectivity index (χ2n) is 17.0. The highest BCUT2D eigenvalue weighted by molar-refractivity contribution is 6.03. The molecule has 3 aromatic rings. The second kappa shape index (κ2) is 22.5. The number of anilines is 1. The van der Waals surface area contributed by atoms with Crippen LogP contribution in [0.4, 0.5) is 21.0 Å². The summed E-state index contributed by atoms with van der Waals surface area (Å²) in [6.07, 6.45) is 8.24. The number of hydrogen-bond acceptors (Lipinski definition) is 15. The van der Waals surface area contributed by atoms with Crippen LogP contribution >= 0.6 is 0 Å². The molecule has 0 radical (unpaired) electrons. The summed E-state index contributed by atoms with van der Waals surface area (Å²) in [6, 6.07) is 14.4. The molecule has 360 valence electrons. The van der Waals surface area contributed by atoms with Crippen molar-refractivity contribution in [2.24, 2.45) is 22.9 Å². The van der Waals surface area contributed by atoms with E-state index >= 15 is 0 Å². The van der Waals surface area contributed by atoms with Crippen LogP contribution in [0.2, 0.25) is 0 Å². The number of rotatable bonds is 20. The second-order valence-corrected chi connectivity index (χ2v) is 17.0. The van der Waals surface area contributed by atoms with Crippen molar-refractivity contribution in [1.82, 2.24) is 4.90 Å². The molecule has 2 fully saturated rings. The van der Waals surface area contributed by atoms with Crippen molar-refractivity contribution in [2.75, 3.05) is 53.0 Å². The number of nitro groups is 1. The number of aliphatic hydroxyl groups is 2. The predicted molar refractivity (Wildman–Crippen MR) is 246 cm³/mol. The molecule has 7 rings (SSSR count). The SMILES string of the molecule is C=CCOC12Oc3ccc(OC(=O)Nc4ccc(OC)cc4OC)cc3C3C(CCCCO)C(CCCCO)C=C(C(=NOC4CCCCO4)CC1N(C)C(=O)Oc1ccc([N+](=O)[O-])cc1)C32. The number of unbranched alkanes of at least 4 members (excludes halogenated alkanes) is 2. The van der Waals surface area contributed by atoms with Gasteiger partial charge in [-0.2, -0.15) is 0 Å². The molecule has 18 nitrogen and oxygen atoms in total. The first-order valence-electron chi connectivity index (χ1n) is 22.8. The molecule has 3 aromatic carbocycles. The number of methoxy groups -OCH3 is 2. The standard InChI is InChI=1S/C49H60N4O14/c1-5-25-63-49-43(52(2)48(57)65-33-17-15-32(16-18-33)53(58)59)30-40(51-67-44-14-8-11-26-62-44)37-27-31(12-6-9-23-54)36(13-7-10-24-55)45(46(37)49)38-28-35(20-22-41(38)66-49)64-47(56)50-39-21-19-34(60-3)29-42(39)61-4/h5,15-22,27-29,31,36,43-46,54-55H,1,6-14,23-26,30H2,2-4H3,(H,50,56). The molecule has 67 heavy (non-hydrogen) atoms. The van der Waals surface area contributed by atoms with Crippen LogP contribution in [0, 0.1) is 27.9 Å². The fraction of sp³-hybridized carbons (Fsp3) is 0.490. The van der Waals surface area contributed by atoms with Crippen molar-refractivity contribution in [3.05, 3.63) is 101 Å². The number of benzene rings is 3. The third-order valence-electron chi connectivity index (χ3n) is 12.9. The van der Waals surface area contributed by atoms with Gasteiger partial charge in [0.1, 0.15) is 34.8 Å². The number of nitro benzene ring substituents is 1. The highest BCUT2D eigenvalue weighted by Gasteiger charge is 2.65. The highest BCUT2D eigenvalue weighted by Crippen LogP contribution is 2.62. The quantitative estimate of drug-likeness (QED) is 0.0419. The van der Waals surface area contributed by atoms with Gasteiger partial charge in [-0.05, 0) is 98.4 Å². The molecule has 2 heterocycles. The van der Waals surface area contributed by atoms with Gasteiger partial charge in [-0.1, -0.05) is 30.1 Å². The van der Waals surface area contributed by atoms with Gasteiger partial charge in [0.25, 0.3) is 5.69 Å². The van der Waals surface area contributed by atoms with Gasteiger partial charge in [-0.3, -0.25) is 15.4 Å². The summed E-state index contributed by atoms with van der Waals surface area (Å²) in [6.45, 7) is 4.57. The largest absolute Gasteiger partial charge is 0.497 e. The third kappa shape index (κ3) is 11.0. The van der Waals surface area contributed by atoms with Gasteiger partial charge >= 0.3 is 12.2 Å². The lowest BCUT2D eigenvalue weighted by Gasteiger charge is -2.59. The number of likely N-dealkylation sites (N-methyl/N-ethyl adjacent to an activating group) is 1. The van der Waals surface area contributed by atoms with Gasteiger partial charge in [0.15, 0.2) is 0 Å². The molecule has 7 unspecified atom stereocenters. The van der Waals surface area contributed by atoms with E-state index in [1.165, 1.54) is 43.4 Å². The first kappa shape index (κ1) is 48.7. The Labute approximate surface area is 389 Å². The number of oxime groups is 1. The Morgan fingerprint density at radius 3 is 2.40 bits per heavy atom. The molecule has 7 atom stereocenters. The zero-order valence-electron chi connectivity index (χ0n) is 38.1. The average Bonchev–Trinajstić information content (AvgIpc) is 3.34. The Kier molecular flexibility index (Phi) is 16.4. The first-order chi connectivity index (χ1) is 32.5. The number of allylic oxidation sites excluding steroid dienone is 1. The summed E-state index contributed by atoms with van der Waals surface area (Å²) in [7, 11) is 4.59. The Morgan fingerprint density at radius 2 is 1.72 bits per heavy atom. The maximum absolute atomic E-state index is 14.3. The maximum atomic E-state index is 14.3. The lowest BCUT2D eigenvalue weighted by Crippen LogP contribution is -2.69. The number of carbonyl (C=O) groups excluding carboxylic acids is 2. The number of carbonyl (C=O) groups is 2. The topological polar surface area (TPSA) is 219 Å². The molecule has 2 aliphatic heterocycles. The molecule has 18 heteroatoms. The molecule has 0 spiro atoms. The number of nitrogens with zero attached hydrogens (tertiary/aromatic N) is 3. The predicted octanol–water partition coefficient (Wildman–Crippen LogP) is 8.51. The van der Waals surface area contributed by atoms with Gasteiger partial charge in [-0.15, -0.1) is 6.58 Å². The van der Waals surface area contributed by atoms with E-state index in [4.69, 9.17) is 43.2 Å². The summed E-state index contributed by atoms with van der Waals surface area (Å²) in [5.74, 6) is -1.17. The van der Waals surface area contributed by atoms with Gasteiger partial charge in [0, 0.05) is 62.8 Å². The van der Waals surface area contributed by atoms with Crippen LogP contribution in [-0.4, -0.2) is 104 Å². The van der Waals surface area contributed by atoms with E-state index in [1.807, 2.05) is 0 Å². The van der Waals surface area contributed by atoms with E-state index in [0.29, 0.717) is 67.4 Å². The number of amides is 2. The minimum Gasteiger partial charge on any atom is -0.497 e. The van der Waals surface area contributed by atoms with Crippen LogP contribution in [0.25, 0.3) is 0 Å². The van der Waals surface area contributed by atoms with Crippen LogP contribution in [0.1, 0.15) is 75.7 Å². The smallest absolute Gasteiger partial charge is 0.417 e. The van der Waals surface area contributed by atoms with Crippen molar-refractivity contribution >= 4 is 29.3 Å². The van der Waals surface area contributed by atoms with Gasteiger partial charge < -0.3 is 53.1 Å². The molecule has 2 amide bonds. The number of aliphatic hydroxyl groups excluding tert-OH is 2. The van der Waals surface area contributed by atoms with Crippen LogP contribution in [-0.2, 0) is 14.3 Å². The first-order valence-corrected chi connectivity index (χ1v) is 22.8. The van der Waals surface area contributed by atoms with E-state index in [-0.39, 0.29) is 55.3 Å². The van der Waals surface area contributed by atoms with Crippen molar-refractivity contribution in [1.29, 1.82) is 0 Å². The zero-order valence-corrected chi connectivity index (χ0v) is 38.1. The average molecular weight is 929 g/mol. The monoisotopic (exact) mass is 928 g/mol. The molecule has 1 saturated carbocycles. The van der Waals surface area contributed by atoms with Gasteiger partial charge in [0.2, 0.25) is 12.1 Å². The molecule has 2 aliphatic carbocycles. The van der Waals surface area contributed by atoms with Gasteiger partial charge in [0.05, 0.1) is 49.7 Å². The highest BCUT2D eigenvalue weighted by atomic mass is 16.8. The van der Waals surface area contributed by atoms with Crippen molar-refractivity contribution in [3.63, 3.8) is 0 Å². The lowest BCUT2D eigenvalue weighted by molar-refractivity contribution is -0.384. The maximum Gasteiger partial charge on any atom is 0.417 e. The van der Waals surface area contributed by atoms with Crippen LogP contribution in [0.15, 0.2) is 90.1 Å². The Balaban J connectivity index is 1.35. The number of fused-ring (bicyclic) bond motifs is 2. The minimum atomic E-state index is -1.60. The summed E-state index contributed by atoms with van der Waals surface area (Å²) >= 11 is 0. The van der Waals surface area contributed by atoms with E-state index in [9.17, 15) is 29.9 Å². The molecular formula is C49H60N4O14. The van der Waals surface area contributed by atoms with Crippen molar-refractivity contribution in [2.45, 2.75) is 88.2 Å². The third-order valence-corrected chi connectivity index (χ3v) is 12.9. The fourth-order valence-corrected chi connectivity index (χ4v) is 9.79.